The number of nitrogens with zero attached hydrogens (tertiary/aromatic N) is 4. The van der Waals surface area contributed by atoms with Crippen LogP contribution in [0.2, 0.25) is 0 Å². The second-order valence-electron chi connectivity index (χ2n) is 4.74. The summed E-state index contributed by atoms with van der Waals surface area (Å²) in [7, 11) is -4.89. The topological polar surface area (TPSA) is 190 Å². The molecule has 0 bridgehead atoms. The minimum Gasteiger partial charge on any atom is -0.369 e. The molecule has 0 saturated carbocycles. The molecule has 14 nitrogen and oxygen atoms in total. The normalized spacial score (nSPS) is 22.0. The summed E-state index contributed by atoms with van der Waals surface area (Å²) in [6, 6.07) is 0. The van der Waals surface area contributed by atoms with Gasteiger partial charge in [-0.05, 0) is 0 Å². The minimum atomic E-state index is -4.89. The number of H-pyrrole nitrogens is 1. The van der Waals surface area contributed by atoms with Crippen LogP contribution in [-0.4, -0.2) is 49.6 Å². The van der Waals surface area contributed by atoms with Crippen molar-refractivity contribution in [1.82, 2.24) is 20.7 Å². The van der Waals surface area contributed by atoms with E-state index in [1.165, 1.54) is 4.90 Å². The van der Waals surface area contributed by atoms with Gasteiger partial charge in [-0.3, -0.25) is 19.8 Å². The molecule has 0 spiro atoms. The number of phosphoric acid groups is 1. The van der Waals surface area contributed by atoms with Crippen LogP contribution >= 0.6 is 7.82 Å². The number of anilines is 3. The summed E-state index contributed by atoms with van der Waals surface area (Å²) in [4.78, 5) is 42.9. The van der Waals surface area contributed by atoms with E-state index in [1.807, 2.05) is 5.59 Å². The molecule has 7 N–H and O–H groups in total. The van der Waals surface area contributed by atoms with E-state index >= 15 is 0 Å². The van der Waals surface area contributed by atoms with E-state index < -0.39 is 19.6 Å². The lowest BCUT2D eigenvalue weighted by Crippen LogP contribution is -2.41. The van der Waals surface area contributed by atoms with Gasteiger partial charge < -0.3 is 20.4 Å². The van der Waals surface area contributed by atoms with E-state index in [1.54, 1.807) is 0 Å². The maximum absolute atomic E-state index is 12.0. The summed E-state index contributed by atoms with van der Waals surface area (Å²) in [6.07, 6.45) is -0.252. The fourth-order valence-corrected chi connectivity index (χ4v) is 2.75. The second-order valence-corrected chi connectivity index (χ2v) is 5.88. The summed E-state index contributed by atoms with van der Waals surface area (Å²) in [5.41, 5.74) is 6.39. The van der Waals surface area contributed by atoms with Gasteiger partial charge in [0.05, 0.1) is 0 Å². The van der Waals surface area contributed by atoms with Crippen molar-refractivity contribution in [2.75, 3.05) is 28.9 Å². The zero-order valence-corrected chi connectivity index (χ0v) is 12.4. The number of hydrogen-bond donors (Lipinski definition) is 6. The van der Waals surface area contributed by atoms with Gasteiger partial charge in [-0.2, -0.15) is 9.61 Å². The lowest BCUT2D eigenvalue weighted by molar-refractivity contribution is -0.242. The van der Waals surface area contributed by atoms with E-state index in [0.29, 0.717) is 13.0 Å². The van der Waals surface area contributed by atoms with E-state index in [2.05, 4.69) is 14.6 Å². The van der Waals surface area contributed by atoms with Crippen molar-refractivity contribution >= 4 is 25.3 Å². The van der Waals surface area contributed by atoms with E-state index in [-0.39, 0.29) is 24.1 Å². The molecule has 0 unspecified atom stereocenters. The summed E-state index contributed by atoms with van der Waals surface area (Å²) < 4.78 is 15.6. The summed E-state index contributed by atoms with van der Waals surface area (Å²) in [6.45, 7) is 0.0922. The molecule has 1 saturated heterocycles. The first kappa shape index (κ1) is 16.1. The Bertz CT molecular complexity index is 707. The Morgan fingerprint density at radius 2 is 2.26 bits per heavy atom. The molecule has 0 aromatic carbocycles. The molecule has 1 aromatic heterocycles. The quantitative estimate of drug-likeness (QED) is 0.254. The average molecular weight is 351 g/mol. The molecule has 128 valence electrons. The molecule has 23 heavy (non-hydrogen) atoms. The number of nitrogen functional groups attached to an aromatic ring is 1. The van der Waals surface area contributed by atoms with Crippen LogP contribution < -0.4 is 26.8 Å². The predicted octanol–water partition coefficient (Wildman–Crippen LogP) is -2.18. The van der Waals surface area contributed by atoms with E-state index in [0.717, 1.165) is 10.2 Å². The van der Waals surface area contributed by atoms with Crippen molar-refractivity contribution in [3.05, 3.63) is 10.4 Å². The van der Waals surface area contributed by atoms with Crippen LogP contribution in [-0.2, 0) is 14.0 Å². The number of hydrazine groups is 1. The number of nitrogens with two attached hydrogens (primary N) is 1. The molecule has 1 aromatic rings. The summed E-state index contributed by atoms with van der Waals surface area (Å²) in [5.74, 6) is -0.128. The van der Waals surface area contributed by atoms with Gasteiger partial charge >= 0.3 is 7.82 Å². The second kappa shape index (κ2) is 5.70. The molecular weight excluding hydrogens is 337 g/mol. The van der Waals surface area contributed by atoms with Crippen molar-refractivity contribution in [3.8, 4) is 0 Å². The lowest BCUT2D eigenvalue weighted by atomic mass is 10.3. The Balaban J connectivity index is 1.96. The van der Waals surface area contributed by atoms with Crippen LogP contribution in [0.1, 0.15) is 6.42 Å². The smallest absolute Gasteiger partial charge is 0.369 e. The first-order valence-corrected chi connectivity index (χ1v) is 7.85. The Morgan fingerprint density at radius 1 is 1.52 bits per heavy atom. The van der Waals surface area contributed by atoms with Gasteiger partial charge in [0.25, 0.3) is 5.56 Å². The summed E-state index contributed by atoms with van der Waals surface area (Å²) in [5, 5.41) is 10.6. The maximum Gasteiger partial charge on any atom is 0.491 e. The van der Waals surface area contributed by atoms with E-state index in [4.69, 9.17) is 25.6 Å². The van der Waals surface area contributed by atoms with Gasteiger partial charge in [-0.25, -0.2) is 9.63 Å². The molecule has 2 aliphatic heterocycles. The lowest BCUT2D eigenvalue weighted by Gasteiger charge is -2.25. The molecule has 0 amide bonds. The Kier molecular flexibility index (Phi) is 3.99. The third-order valence-electron chi connectivity index (χ3n) is 3.19. The first-order chi connectivity index (χ1) is 10.8. The molecule has 1 fully saturated rings. The number of aromatic nitrogens is 2. The monoisotopic (exact) mass is 351 g/mol. The molecule has 1 atom stereocenters. The average Bonchev–Trinajstić information content (AvgIpc) is 3.01. The number of rotatable bonds is 4. The van der Waals surface area contributed by atoms with E-state index in [9.17, 15) is 9.36 Å². The number of nitrogens with one attached hydrogen (secondary N) is 2. The third kappa shape index (κ3) is 3.15. The Hall–Kier alpha value is -1.77. The van der Waals surface area contributed by atoms with Gasteiger partial charge in [0, 0.05) is 13.0 Å². The van der Waals surface area contributed by atoms with Crippen molar-refractivity contribution in [2.45, 2.75) is 12.6 Å². The molecule has 0 radical (unpaired) electrons. The molecule has 15 heteroatoms. The highest BCUT2D eigenvalue weighted by Crippen LogP contribution is 2.43. The highest BCUT2D eigenvalue weighted by molar-refractivity contribution is 7.46. The van der Waals surface area contributed by atoms with Crippen molar-refractivity contribution in [3.63, 3.8) is 0 Å². The van der Waals surface area contributed by atoms with Gasteiger partial charge in [-0.1, -0.05) is 5.17 Å². The van der Waals surface area contributed by atoms with Crippen LogP contribution in [0.4, 0.5) is 17.5 Å². The molecular formula is C8H14N7O7P. The maximum atomic E-state index is 12.0. The standard InChI is InChI=1S/C8H14N7O7P/c9-8-10-6-5(7(16)11-8)14(22-23(18,19)20)3-13(6)4-1-2-15(12-17)21-4/h4,12,17H,1-3H2,(H2,18,19,20)(H3,9,10,11,16)/t4-/m1/s1. The number of fused-ring (bicyclic) bond motifs is 1. The third-order valence-corrected chi connectivity index (χ3v) is 3.60. The highest BCUT2D eigenvalue weighted by atomic mass is 31.2. The predicted molar refractivity (Wildman–Crippen MR) is 73.3 cm³/mol. The zero-order valence-electron chi connectivity index (χ0n) is 11.5. The largest absolute Gasteiger partial charge is 0.491 e. The Morgan fingerprint density at radius 3 is 2.87 bits per heavy atom. The Labute approximate surface area is 128 Å². The first-order valence-electron chi connectivity index (χ1n) is 6.32. The number of aromatic amines is 1. The number of hydrogen-bond acceptors (Lipinski definition) is 11. The molecule has 2 aliphatic rings. The number of hydroxylamine groups is 2. The molecule has 3 rings (SSSR count). The SMILES string of the molecule is Nc1nc2c(c(=O)[nH]1)N(OP(=O)(O)O)CN2[C@H]1CCN(NO)O1. The highest BCUT2D eigenvalue weighted by Gasteiger charge is 2.41. The van der Waals surface area contributed by atoms with Gasteiger partial charge in [0.1, 0.15) is 6.67 Å². The van der Waals surface area contributed by atoms with Crippen molar-refractivity contribution in [1.29, 1.82) is 0 Å². The van der Waals surface area contributed by atoms with Crippen LogP contribution in [0.3, 0.4) is 0 Å². The minimum absolute atomic E-state index is 0.0458. The van der Waals surface area contributed by atoms with Crippen LogP contribution in [0, 0.1) is 0 Å². The fourth-order valence-electron chi connectivity index (χ4n) is 2.36. The fraction of sp³-hybridized carbons (Fsp3) is 0.500. The summed E-state index contributed by atoms with van der Waals surface area (Å²) >= 11 is 0. The van der Waals surface area contributed by atoms with Crippen LogP contribution in [0.25, 0.3) is 0 Å². The van der Waals surface area contributed by atoms with Crippen LogP contribution in [0.5, 0.6) is 0 Å². The molecule has 3 heterocycles. The van der Waals surface area contributed by atoms with Gasteiger partial charge in [0.2, 0.25) is 5.95 Å². The van der Waals surface area contributed by atoms with Gasteiger partial charge in [0.15, 0.2) is 17.7 Å². The zero-order chi connectivity index (χ0) is 16.8. The van der Waals surface area contributed by atoms with Gasteiger partial charge in [-0.15, -0.1) is 5.59 Å². The molecule has 0 aliphatic carbocycles. The van der Waals surface area contributed by atoms with Crippen molar-refractivity contribution < 1.29 is 29.0 Å². The van der Waals surface area contributed by atoms with Crippen molar-refractivity contribution in [2.24, 2.45) is 0 Å². The van der Waals surface area contributed by atoms with Crippen LogP contribution in [0.15, 0.2) is 4.79 Å².